The van der Waals surface area contributed by atoms with Crippen LogP contribution < -0.4 is 5.73 Å². The normalized spacial score (nSPS) is 10.4. The lowest BCUT2D eigenvalue weighted by Crippen LogP contribution is -1.98. The van der Waals surface area contributed by atoms with Gasteiger partial charge in [0.25, 0.3) is 0 Å². The largest absolute Gasteiger partial charge is 0.384 e. The average molecular weight is 261 g/mol. The van der Waals surface area contributed by atoms with Gasteiger partial charge in [-0.05, 0) is 13.0 Å². The molecule has 3 aromatic rings. The van der Waals surface area contributed by atoms with Crippen LogP contribution in [0.3, 0.4) is 0 Å². The summed E-state index contributed by atoms with van der Waals surface area (Å²) < 4.78 is 0. The molecule has 20 heavy (non-hydrogen) atoms. The number of benzene rings is 2. The van der Waals surface area contributed by atoms with E-state index in [0.717, 1.165) is 16.8 Å². The Morgan fingerprint density at radius 2 is 1.55 bits per heavy atom. The first-order valence-electron chi connectivity index (χ1n) is 6.49. The molecule has 0 unspecified atom stereocenters. The molecule has 0 radical (unpaired) electrons. The van der Waals surface area contributed by atoms with Gasteiger partial charge < -0.3 is 5.73 Å². The van der Waals surface area contributed by atoms with Crippen LogP contribution in [0.5, 0.6) is 0 Å². The maximum atomic E-state index is 5.92. The molecule has 2 N–H and O–H groups in total. The van der Waals surface area contributed by atoms with Crippen molar-refractivity contribution < 1.29 is 0 Å². The van der Waals surface area contributed by atoms with Crippen LogP contribution in [0.2, 0.25) is 0 Å². The van der Waals surface area contributed by atoms with Gasteiger partial charge in [0.15, 0.2) is 5.82 Å². The zero-order valence-corrected chi connectivity index (χ0v) is 11.2. The van der Waals surface area contributed by atoms with Crippen molar-refractivity contribution in [3.8, 4) is 22.6 Å². The Bertz CT molecular complexity index is 736. The molecule has 3 heteroatoms. The van der Waals surface area contributed by atoms with Crippen molar-refractivity contribution in [3.63, 3.8) is 0 Å². The van der Waals surface area contributed by atoms with Crippen LogP contribution in [0.25, 0.3) is 22.6 Å². The van der Waals surface area contributed by atoms with E-state index in [4.69, 9.17) is 5.73 Å². The van der Waals surface area contributed by atoms with Gasteiger partial charge in [-0.2, -0.15) is 0 Å². The fourth-order valence-corrected chi connectivity index (χ4v) is 2.13. The molecule has 0 bridgehead atoms. The van der Waals surface area contributed by atoms with E-state index in [0.29, 0.717) is 11.6 Å². The predicted molar refractivity (Wildman–Crippen MR) is 82.1 cm³/mol. The molecule has 0 amide bonds. The molecule has 3 nitrogen and oxygen atoms in total. The van der Waals surface area contributed by atoms with Gasteiger partial charge in [0, 0.05) is 17.2 Å². The summed E-state index contributed by atoms with van der Waals surface area (Å²) in [5, 5.41) is 0. The molecular formula is C17H15N3. The van der Waals surface area contributed by atoms with Crippen molar-refractivity contribution in [1.29, 1.82) is 0 Å². The molecule has 0 saturated heterocycles. The van der Waals surface area contributed by atoms with E-state index in [1.54, 1.807) is 6.07 Å². The summed E-state index contributed by atoms with van der Waals surface area (Å²) in [6, 6.07) is 19.9. The third-order valence-electron chi connectivity index (χ3n) is 3.09. The summed E-state index contributed by atoms with van der Waals surface area (Å²) >= 11 is 0. The van der Waals surface area contributed by atoms with Gasteiger partial charge in [-0.3, -0.25) is 0 Å². The van der Waals surface area contributed by atoms with Gasteiger partial charge in [-0.25, -0.2) is 9.97 Å². The van der Waals surface area contributed by atoms with Crippen LogP contribution in [0.1, 0.15) is 5.56 Å². The second kappa shape index (κ2) is 5.13. The number of aromatic nitrogens is 2. The lowest BCUT2D eigenvalue weighted by atomic mass is 10.1. The SMILES string of the molecule is Cc1cccc(-c2cc(N)nc(-c3ccccc3)n2)c1. The van der Waals surface area contributed by atoms with Crippen molar-refractivity contribution in [2.24, 2.45) is 0 Å². The van der Waals surface area contributed by atoms with Gasteiger partial charge in [-0.15, -0.1) is 0 Å². The first-order chi connectivity index (χ1) is 9.72. The fourth-order valence-electron chi connectivity index (χ4n) is 2.13. The second-order valence-corrected chi connectivity index (χ2v) is 4.74. The topological polar surface area (TPSA) is 51.8 Å². The molecule has 0 saturated carbocycles. The average Bonchev–Trinajstić information content (AvgIpc) is 2.47. The Kier molecular flexibility index (Phi) is 3.17. The Labute approximate surface area is 118 Å². The zero-order valence-electron chi connectivity index (χ0n) is 11.2. The Balaban J connectivity index is 2.12. The lowest BCUT2D eigenvalue weighted by Gasteiger charge is -2.07. The molecule has 2 aromatic carbocycles. The van der Waals surface area contributed by atoms with Gasteiger partial charge in [0.2, 0.25) is 0 Å². The van der Waals surface area contributed by atoms with Crippen molar-refractivity contribution in [3.05, 3.63) is 66.2 Å². The van der Waals surface area contributed by atoms with Crippen LogP contribution in [0, 0.1) is 6.92 Å². The summed E-state index contributed by atoms with van der Waals surface area (Å²) in [6.07, 6.45) is 0. The van der Waals surface area contributed by atoms with Gasteiger partial charge in [-0.1, -0.05) is 54.1 Å². The molecule has 0 atom stereocenters. The van der Waals surface area contributed by atoms with Crippen molar-refractivity contribution in [2.45, 2.75) is 6.92 Å². The molecule has 98 valence electrons. The number of hydrogen-bond donors (Lipinski definition) is 1. The minimum atomic E-state index is 0.482. The third-order valence-corrected chi connectivity index (χ3v) is 3.09. The third kappa shape index (κ3) is 2.52. The van der Waals surface area contributed by atoms with E-state index in [-0.39, 0.29) is 0 Å². The highest BCUT2D eigenvalue weighted by Crippen LogP contribution is 2.23. The number of aryl methyl sites for hydroxylation is 1. The molecule has 1 aromatic heterocycles. The molecular weight excluding hydrogens is 246 g/mol. The summed E-state index contributed by atoms with van der Waals surface area (Å²) in [7, 11) is 0. The summed E-state index contributed by atoms with van der Waals surface area (Å²) in [6.45, 7) is 2.06. The van der Waals surface area contributed by atoms with Crippen LogP contribution in [0.15, 0.2) is 60.7 Å². The van der Waals surface area contributed by atoms with Crippen LogP contribution in [-0.2, 0) is 0 Å². The first-order valence-corrected chi connectivity index (χ1v) is 6.49. The molecule has 0 aliphatic heterocycles. The molecule has 0 aliphatic rings. The second-order valence-electron chi connectivity index (χ2n) is 4.74. The number of nitrogens with zero attached hydrogens (tertiary/aromatic N) is 2. The van der Waals surface area contributed by atoms with Crippen molar-refractivity contribution in [2.75, 3.05) is 5.73 Å². The summed E-state index contributed by atoms with van der Waals surface area (Å²) in [5.74, 6) is 1.14. The van der Waals surface area contributed by atoms with Crippen molar-refractivity contribution in [1.82, 2.24) is 9.97 Å². The summed E-state index contributed by atoms with van der Waals surface area (Å²) in [5.41, 5.74) is 9.98. The number of hydrogen-bond acceptors (Lipinski definition) is 3. The Hall–Kier alpha value is -2.68. The summed E-state index contributed by atoms with van der Waals surface area (Å²) in [4.78, 5) is 8.94. The van der Waals surface area contributed by atoms with E-state index in [9.17, 15) is 0 Å². The number of anilines is 1. The fraction of sp³-hybridized carbons (Fsp3) is 0.0588. The van der Waals surface area contributed by atoms with Crippen LogP contribution >= 0.6 is 0 Å². The standard InChI is InChI=1S/C17H15N3/c1-12-6-5-9-14(10-12)15-11-16(18)20-17(19-15)13-7-3-2-4-8-13/h2-11H,1H3,(H2,18,19,20). The monoisotopic (exact) mass is 261 g/mol. The van der Waals surface area contributed by atoms with E-state index in [2.05, 4.69) is 29.0 Å². The smallest absolute Gasteiger partial charge is 0.162 e. The highest BCUT2D eigenvalue weighted by molar-refractivity contribution is 5.67. The lowest BCUT2D eigenvalue weighted by molar-refractivity contribution is 1.19. The molecule has 3 rings (SSSR count). The maximum Gasteiger partial charge on any atom is 0.162 e. The van der Waals surface area contributed by atoms with E-state index >= 15 is 0 Å². The number of rotatable bonds is 2. The maximum absolute atomic E-state index is 5.92. The van der Waals surface area contributed by atoms with Crippen molar-refractivity contribution >= 4 is 5.82 Å². The quantitative estimate of drug-likeness (QED) is 0.765. The van der Waals surface area contributed by atoms with E-state index in [1.807, 2.05) is 42.5 Å². The van der Waals surface area contributed by atoms with Crippen LogP contribution in [0.4, 0.5) is 5.82 Å². The van der Waals surface area contributed by atoms with Gasteiger partial charge >= 0.3 is 0 Å². The number of nitrogens with two attached hydrogens (primary N) is 1. The Morgan fingerprint density at radius 3 is 2.30 bits per heavy atom. The Morgan fingerprint density at radius 1 is 0.800 bits per heavy atom. The van der Waals surface area contributed by atoms with Gasteiger partial charge in [0.05, 0.1) is 5.69 Å². The molecule has 0 fully saturated rings. The zero-order chi connectivity index (χ0) is 13.9. The highest BCUT2D eigenvalue weighted by atomic mass is 14.9. The molecule has 1 heterocycles. The molecule has 0 spiro atoms. The predicted octanol–water partition coefficient (Wildman–Crippen LogP) is 3.70. The van der Waals surface area contributed by atoms with E-state index in [1.165, 1.54) is 5.56 Å². The van der Waals surface area contributed by atoms with Gasteiger partial charge in [0.1, 0.15) is 5.82 Å². The minimum Gasteiger partial charge on any atom is -0.384 e. The van der Waals surface area contributed by atoms with Crippen LogP contribution in [-0.4, -0.2) is 9.97 Å². The first kappa shape index (κ1) is 12.4. The molecule has 0 aliphatic carbocycles. The number of nitrogen functional groups attached to an aromatic ring is 1. The van der Waals surface area contributed by atoms with E-state index < -0.39 is 0 Å². The minimum absolute atomic E-state index is 0.482. The highest BCUT2D eigenvalue weighted by Gasteiger charge is 2.07.